The van der Waals surface area contributed by atoms with Crippen molar-refractivity contribution in [2.75, 3.05) is 23.3 Å². The van der Waals surface area contributed by atoms with Crippen LogP contribution in [0.5, 0.6) is 0 Å². The van der Waals surface area contributed by atoms with Crippen molar-refractivity contribution in [2.24, 2.45) is 0 Å². The van der Waals surface area contributed by atoms with E-state index in [0.717, 1.165) is 0 Å². The third kappa shape index (κ3) is 7.83. The van der Waals surface area contributed by atoms with E-state index in [0.29, 0.717) is 11.5 Å². The predicted octanol–water partition coefficient (Wildman–Crippen LogP) is 1.57. The van der Waals surface area contributed by atoms with Crippen LogP contribution < -0.4 is 0 Å². The fraction of sp³-hybridized carbons (Fsp3) is 1.00. The van der Waals surface area contributed by atoms with E-state index in [1.165, 1.54) is 21.6 Å². The molecule has 2 atom stereocenters. The molecule has 2 unspecified atom stereocenters. The van der Waals surface area contributed by atoms with Gasteiger partial charge in [0.05, 0.1) is 12.2 Å². The maximum absolute atomic E-state index is 9.03. The smallest absolute Gasteiger partial charge is 0.0774 e. The summed E-state index contributed by atoms with van der Waals surface area (Å²) in [5.74, 6) is 1.68. The van der Waals surface area contributed by atoms with E-state index in [2.05, 4.69) is 0 Å². The lowest BCUT2D eigenvalue weighted by Crippen LogP contribution is -2.12. The summed E-state index contributed by atoms with van der Waals surface area (Å²) in [5.41, 5.74) is 0. The van der Waals surface area contributed by atoms with Gasteiger partial charge >= 0.3 is 0 Å². The maximum atomic E-state index is 9.03. The van der Waals surface area contributed by atoms with Crippen molar-refractivity contribution < 1.29 is 10.2 Å². The zero-order valence-electron chi connectivity index (χ0n) is 6.45. The topological polar surface area (TPSA) is 40.5 Å². The summed E-state index contributed by atoms with van der Waals surface area (Å²) in [4.78, 5) is 0. The highest BCUT2D eigenvalue weighted by Gasteiger charge is 2.04. The molecule has 0 aliphatic heterocycles. The standard InChI is InChI=1S/C6H12Cl2O2S2/c7-1-5(9)3-11-12-4-6(10)2-8/h5-6,9-10H,1-4H2. The van der Waals surface area contributed by atoms with Gasteiger partial charge in [0.15, 0.2) is 0 Å². The van der Waals surface area contributed by atoms with Gasteiger partial charge in [0.2, 0.25) is 0 Å². The van der Waals surface area contributed by atoms with Gasteiger partial charge in [-0.2, -0.15) is 0 Å². The Bertz CT molecular complexity index is 95.5. The van der Waals surface area contributed by atoms with Crippen LogP contribution in [0, 0.1) is 0 Å². The summed E-state index contributed by atoms with van der Waals surface area (Å²) < 4.78 is 0. The molecule has 0 saturated carbocycles. The lowest BCUT2D eigenvalue weighted by molar-refractivity contribution is 0.223. The highest BCUT2D eigenvalue weighted by Crippen LogP contribution is 2.23. The third-order valence-electron chi connectivity index (χ3n) is 0.960. The Morgan fingerprint density at radius 2 is 1.25 bits per heavy atom. The predicted molar refractivity (Wildman–Crippen MR) is 58.4 cm³/mol. The first kappa shape index (κ1) is 13.2. The van der Waals surface area contributed by atoms with Gasteiger partial charge in [0.1, 0.15) is 0 Å². The fourth-order valence-electron chi connectivity index (χ4n) is 0.342. The van der Waals surface area contributed by atoms with E-state index in [-0.39, 0.29) is 11.8 Å². The molecule has 2 N–H and O–H groups in total. The molecule has 0 aromatic rings. The minimum atomic E-state index is -0.461. The van der Waals surface area contributed by atoms with E-state index < -0.39 is 12.2 Å². The minimum Gasteiger partial charge on any atom is -0.391 e. The number of hydrogen-bond acceptors (Lipinski definition) is 4. The molecule has 12 heavy (non-hydrogen) atoms. The van der Waals surface area contributed by atoms with Gasteiger partial charge in [0, 0.05) is 23.3 Å². The van der Waals surface area contributed by atoms with E-state index in [4.69, 9.17) is 33.4 Å². The summed E-state index contributed by atoms with van der Waals surface area (Å²) in [6.07, 6.45) is -0.922. The quantitative estimate of drug-likeness (QED) is 0.409. The second-order valence-corrected chi connectivity index (χ2v) is 5.35. The van der Waals surface area contributed by atoms with Crippen LogP contribution >= 0.6 is 44.8 Å². The average molecular weight is 251 g/mol. The highest BCUT2D eigenvalue weighted by molar-refractivity contribution is 8.76. The molecule has 0 spiro atoms. The SMILES string of the molecule is OC(CCl)CSSCC(O)CCl. The summed E-state index contributed by atoms with van der Waals surface area (Å²) >= 11 is 10.8. The monoisotopic (exact) mass is 250 g/mol. The van der Waals surface area contributed by atoms with Crippen LogP contribution in [-0.2, 0) is 0 Å². The molecule has 0 amide bonds. The van der Waals surface area contributed by atoms with Crippen LogP contribution in [0.1, 0.15) is 0 Å². The number of aliphatic hydroxyl groups is 2. The van der Waals surface area contributed by atoms with Gasteiger partial charge in [0.25, 0.3) is 0 Å². The van der Waals surface area contributed by atoms with Crippen molar-refractivity contribution in [1.82, 2.24) is 0 Å². The zero-order chi connectivity index (χ0) is 9.40. The molecule has 0 heterocycles. The molecule has 74 valence electrons. The normalized spacial score (nSPS) is 16.0. The van der Waals surface area contributed by atoms with Gasteiger partial charge in [-0.1, -0.05) is 21.6 Å². The Morgan fingerprint density at radius 1 is 0.917 bits per heavy atom. The van der Waals surface area contributed by atoms with Gasteiger partial charge in [-0.05, 0) is 0 Å². The van der Waals surface area contributed by atoms with Crippen molar-refractivity contribution in [1.29, 1.82) is 0 Å². The van der Waals surface area contributed by atoms with Gasteiger partial charge in [-0.15, -0.1) is 23.2 Å². The lowest BCUT2D eigenvalue weighted by atomic mass is 10.5. The highest BCUT2D eigenvalue weighted by atomic mass is 35.5. The van der Waals surface area contributed by atoms with Crippen LogP contribution in [-0.4, -0.2) is 45.7 Å². The maximum Gasteiger partial charge on any atom is 0.0774 e. The number of hydrogen-bond donors (Lipinski definition) is 2. The van der Waals surface area contributed by atoms with Crippen LogP contribution in [0.25, 0.3) is 0 Å². The molecular weight excluding hydrogens is 239 g/mol. The summed E-state index contributed by atoms with van der Waals surface area (Å²) in [6.45, 7) is 0. The molecule has 2 nitrogen and oxygen atoms in total. The Kier molecular flexibility index (Phi) is 9.66. The molecule has 0 saturated heterocycles. The number of aliphatic hydroxyl groups excluding tert-OH is 2. The minimum absolute atomic E-state index is 0.256. The van der Waals surface area contributed by atoms with Gasteiger partial charge < -0.3 is 10.2 Å². The Morgan fingerprint density at radius 3 is 1.50 bits per heavy atom. The van der Waals surface area contributed by atoms with Gasteiger partial charge in [-0.3, -0.25) is 0 Å². The molecule has 0 aromatic carbocycles. The van der Waals surface area contributed by atoms with Crippen LogP contribution in [0.15, 0.2) is 0 Å². The molecule has 0 aliphatic carbocycles. The molecule has 0 aliphatic rings. The first-order chi connectivity index (χ1) is 5.70. The second kappa shape index (κ2) is 8.78. The fourth-order valence-corrected chi connectivity index (χ4v) is 3.08. The number of rotatable bonds is 7. The molecule has 0 fully saturated rings. The molecule has 0 aromatic heterocycles. The van der Waals surface area contributed by atoms with Crippen molar-refractivity contribution in [2.45, 2.75) is 12.2 Å². The van der Waals surface area contributed by atoms with E-state index in [1.807, 2.05) is 0 Å². The van der Waals surface area contributed by atoms with Crippen molar-refractivity contribution >= 4 is 44.8 Å². The first-order valence-electron chi connectivity index (χ1n) is 3.43. The molecule has 0 radical (unpaired) electrons. The largest absolute Gasteiger partial charge is 0.391 e. The zero-order valence-corrected chi connectivity index (χ0v) is 9.59. The average Bonchev–Trinajstić information content (AvgIpc) is 2.11. The van der Waals surface area contributed by atoms with Crippen LogP contribution in [0.4, 0.5) is 0 Å². The first-order valence-corrected chi connectivity index (χ1v) is 6.99. The summed E-state index contributed by atoms with van der Waals surface area (Å²) in [5, 5.41) is 18.1. The van der Waals surface area contributed by atoms with Crippen LogP contribution in [0.3, 0.4) is 0 Å². The molecular formula is C6H12Cl2O2S2. The van der Waals surface area contributed by atoms with E-state index in [9.17, 15) is 0 Å². The molecule has 0 rings (SSSR count). The number of alkyl halides is 2. The van der Waals surface area contributed by atoms with Crippen LogP contribution in [0.2, 0.25) is 0 Å². The van der Waals surface area contributed by atoms with Crippen molar-refractivity contribution in [3.63, 3.8) is 0 Å². The van der Waals surface area contributed by atoms with Crippen molar-refractivity contribution in [3.05, 3.63) is 0 Å². The lowest BCUT2D eigenvalue weighted by Gasteiger charge is -2.07. The Hall–Kier alpha value is 1.20. The molecule has 6 heteroatoms. The summed E-state index contributed by atoms with van der Waals surface area (Å²) in [7, 11) is 2.99. The third-order valence-corrected chi connectivity index (χ3v) is 4.20. The van der Waals surface area contributed by atoms with E-state index in [1.54, 1.807) is 0 Å². The van der Waals surface area contributed by atoms with E-state index >= 15 is 0 Å². The molecule has 0 bridgehead atoms. The Labute approximate surface area is 90.4 Å². The second-order valence-electron chi connectivity index (χ2n) is 2.19. The van der Waals surface area contributed by atoms with Gasteiger partial charge in [-0.25, -0.2) is 0 Å². The Balaban J connectivity index is 3.10. The van der Waals surface area contributed by atoms with Crippen molar-refractivity contribution in [3.8, 4) is 0 Å². The number of halogens is 2. The summed E-state index contributed by atoms with van der Waals surface area (Å²) in [6, 6.07) is 0.